The van der Waals surface area contributed by atoms with Crippen molar-refractivity contribution in [3.63, 3.8) is 0 Å². The van der Waals surface area contributed by atoms with Crippen molar-refractivity contribution in [3.05, 3.63) is 96.3 Å². The van der Waals surface area contributed by atoms with Gasteiger partial charge in [0.25, 0.3) is 0 Å². The zero-order chi connectivity index (χ0) is 15.5. The van der Waals surface area contributed by atoms with Crippen LogP contribution in [-0.2, 0) is 0 Å². The first kappa shape index (κ1) is 14.6. The van der Waals surface area contributed by atoms with Crippen molar-refractivity contribution < 1.29 is 0 Å². The maximum atomic E-state index is 4.40. The normalized spacial score (nSPS) is 21.4. The molecule has 0 N–H and O–H groups in total. The highest BCUT2D eigenvalue weighted by atomic mass is 31.1. The average Bonchev–Trinajstić information content (AvgIpc) is 3.09. The van der Waals surface area contributed by atoms with Gasteiger partial charge in [0, 0.05) is 23.7 Å². The standard InChI is InChI=1S/C21H20NP/c1-3-8-17(9-4-1)20-13-14-21(18-10-5-2-6-11-18)23(20)19-12-7-15-22-16-19/h1-12,15-16,20-21H,13-14H2/t20-,21-/m1/s1. The van der Waals surface area contributed by atoms with E-state index in [1.54, 1.807) is 0 Å². The Labute approximate surface area is 139 Å². The van der Waals surface area contributed by atoms with E-state index in [-0.39, 0.29) is 7.92 Å². The van der Waals surface area contributed by atoms with E-state index in [4.69, 9.17) is 0 Å². The molecule has 1 aromatic heterocycles. The van der Waals surface area contributed by atoms with Crippen molar-refractivity contribution in [1.82, 2.24) is 4.98 Å². The summed E-state index contributed by atoms with van der Waals surface area (Å²) >= 11 is 0. The smallest absolute Gasteiger partial charge is 0.0345 e. The topological polar surface area (TPSA) is 12.9 Å². The van der Waals surface area contributed by atoms with Crippen LogP contribution in [0.1, 0.15) is 35.3 Å². The van der Waals surface area contributed by atoms with Gasteiger partial charge in [-0.3, -0.25) is 4.98 Å². The van der Waals surface area contributed by atoms with Crippen LogP contribution < -0.4 is 5.30 Å². The highest BCUT2D eigenvalue weighted by Crippen LogP contribution is 2.69. The van der Waals surface area contributed by atoms with Crippen LogP contribution >= 0.6 is 7.92 Å². The first-order valence-corrected chi connectivity index (χ1v) is 9.70. The minimum absolute atomic E-state index is 0.282. The quantitative estimate of drug-likeness (QED) is 0.584. The maximum Gasteiger partial charge on any atom is 0.0345 e. The highest BCUT2D eigenvalue weighted by Gasteiger charge is 2.38. The van der Waals surface area contributed by atoms with Crippen molar-refractivity contribution in [1.29, 1.82) is 0 Å². The lowest BCUT2D eigenvalue weighted by Crippen LogP contribution is -2.08. The molecule has 0 amide bonds. The monoisotopic (exact) mass is 317 g/mol. The van der Waals surface area contributed by atoms with Gasteiger partial charge in [0.2, 0.25) is 0 Å². The SMILES string of the molecule is c1ccc([C@H]2CC[C@H](c3ccccc3)P2c2cccnc2)cc1. The molecular weight excluding hydrogens is 297 g/mol. The largest absolute Gasteiger partial charge is 0.264 e. The summed E-state index contributed by atoms with van der Waals surface area (Å²) in [6.07, 6.45) is 6.50. The van der Waals surface area contributed by atoms with Gasteiger partial charge in [-0.25, -0.2) is 0 Å². The van der Waals surface area contributed by atoms with Crippen LogP contribution in [0.25, 0.3) is 0 Å². The summed E-state index contributed by atoms with van der Waals surface area (Å²) in [7, 11) is -0.282. The summed E-state index contributed by atoms with van der Waals surface area (Å²) in [5.41, 5.74) is 4.25. The van der Waals surface area contributed by atoms with E-state index in [2.05, 4.69) is 84.0 Å². The number of nitrogens with zero attached hydrogens (tertiary/aromatic N) is 1. The second kappa shape index (κ2) is 6.64. The molecule has 1 aliphatic heterocycles. The van der Waals surface area contributed by atoms with Crippen molar-refractivity contribution in [2.75, 3.05) is 0 Å². The number of rotatable bonds is 3. The van der Waals surface area contributed by atoms with Gasteiger partial charge < -0.3 is 0 Å². The number of aromatic nitrogens is 1. The fourth-order valence-electron chi connectivity index (χ4n) is 3.68. The summed E-state index contributed by atoms with van der Waals surface area (Å²) in [4.78, 5) is 4.40. The summed E-state index contributed by atoms with van der Waals surface area (Å²) < 4.78 is 0. The van der Waals surface area contributed by atoms with Crippen molar-refractivity contribution in [2.45, 2.75) is 24.2 Å². The Hall–Kier alpha value is -1.98. The molecule has 114 valence electrons. The van der Waals surface area contributed by atoms with Crippen LogP contribution in [0.15, 0.2) is 85.2 Å². The van der Waals surface area contributed by atoms with Crippen molar-refractivity contribution >= 4 is 13.2 Å². The molecular formula is C21H20NP. The van der Waals surface area contributed by atoms with E-state index in [0.717, 1.165) is 0 Å². The van der Waals surface area contributed by atoms with Gasteiger partial charge in [-0.1, -0.05) is 74.7 Å². The van der Waals surface area contributed by atoms with Crippen LogP contribution in [0, 0.1) is 0 Å². The molecule has 4 rings (SSSR count). The molecule has 0 bridgehead atoms. The fraction of sp³-hybridized carbons (Fsp3) is 0.190. The molecule has 2 heterocycles. The predicted octanol–water partition coefficient (Wildman–Crippen LogP) is 5.47. The summed E-state index contributed by atoms with van der Waals surface area (Å²) in [5.74, 6) is 0. The number of pyridine rings is 1. The van der Waals surface area contributed by atoms with Gasteiger partial charge in [0.15, 0.2) is 0 Å². The molecule has 0 unspecified atom stereocenters. The zero-order valence-electron chi connectivity index (χ0n) is 13.0. The lowest BCUT2D eigenvalue weighted by molar-refractivity contribution is 0.765. The third-order valence-electron chi connectivity index (χ3n) is 4.70. The van der Waals surface area contributed by atoms with Crippen LogP contribution in [0.4, 0.5) is 0 Å². The Morgan fingerprint density at radius 1 is 0.696 bits per heavy atom. The molecule has 0 spiro atoms. The van der Waals surface area contributed by atoms with Gasteiger partial charge in [0.05, 0.1) is 0 Å². The zero-order valence-corrected chi connectivity index (χ0v) is 13.9. The second-order valence-electron chi connectivity index (χ2n) is 6.05. The van der Waals surface area contributed by atoms with E-state index in [1.165, 1.54) is 29.3 Å². The molecule has 0 saturated carbocycles. The van der Waals surface area contributed by atoms with E-state index in [1.807, 2.05) is 6.20 Å². The minimum Gasteiger partial charge on any atom is -0.264 e. The lowest BCUT2D eigenvalue weighted by Gasteiger charge is -2.26. The molecule has 3 aromatic rings. The first-order valence-electron chi connectivity index (χ1n) is 8.22. The molecule has 2 aromatic carbocycles. The van der Waals surface area contributed by atoms with Crippen LogP contribution in [0.2, 0.25) is 0 Å². The molecule has 1 saturated heterocycles. The van der Waals surface area contributed by atoms with E-state index in [0.29, 0.717) is 11.3 Å². The van der Waals surface area contributed by atoms with Crippen LogP contribution in [0.3, 0.4) is 0 Å². The predicted molar refractivity (Wildman–Crippen MR) is 98.4 cm³/mol. The molecule has 1 fully saturated rings. The average molecular weight is 317 g/mol. The van der Waals surface area contributed by atoms with Gasteiger partial charge >= 0.3 is 0 Å². The Balaban J connectivity index is 1.77. The summed E-state index contributed by atoms with van der Waals surface area (Å²) in [6.45, 7) is 0. The third-order valence-corrected chi connectivity index (χ3v) is 8.01. The van der Waals surface area contributed by atoms with Crippen molar-refractivity contribution in [2.24, 2.45) is 0 Å². The maximum absolute atomic E-state index is 4.40. The molecule has 0 radical (unpaired) electrons. The van der Waals surface area contributed by atoms with E-state index in [9.17, 15) is 0 Å². The number of hydrogen-bond acceptors (Lipinski definition) is 1. The Kier molecular flexibility index (Phi) is 4.22. The highest BCUT2D eigenvalue weighted by molar-refractivity contribution is 7.66. The van der Waals surface area contributed by atoms with Gasteiger partial charge in [-0.05, 0) is 35.3 Å². The van der Waals surface area contributed by atoms with Gasteiger partial charge in [-0.2, -0.15) is 0 Å². The molecule has 0 aliphatic carbocycles. The molecule has 2 heteroatoms. The Morgan fingerprint density at radius 3 is 1.74 bits per heavy atom. The summed E-state index contributed by atoms with van der Waals surface area (Å²) in [6, 6.07) is 26.4. The van der Waals surface area contributed by atoms with Crippen LogP contribution in [0.5, 0.6) is 0 Å². The van der Waals surface area contributed by atoms with E-state index >= 15 is 0 Å². The second-order valence-corrected chi connectivity index (χ2v) is 8.63. The third kappa shape index (κ3) is 2.94. The number of hydrogen-bond donors (Lipinski definition) is 0. The Morgan fingerprint density at radius 2 is 1.26 bits per heavy atom. The molecule has 2 atom stereocenters. The molecule has 1 nitrogen and oxygen atoms in total. The minimum atomic E-state index is -0.282. The Bertz CT molecular complexity index is 695. The first-order chi connectivity index (χ1) is 11.4. The van der Waals surface area contributed by atoms with Crippen LogP contribution in [-0.4, -0.2) is 4.98 Å². The van der Waals surface area contributed by atoms with E-state index < -0.39 is 0 Å². The van der Waals surface area contributed by atoms with Gasteiger partial charge in [-0.15, -0.1) is 0 Å². The number of benzene rings is 2. The molecule has 1 aliphatic rings. The van der Waals surface area contributed by atoms with Crippen molar-refractivity contribution in [3.8, 4) is 0 Å². The molecule has 23 heavy (non-hydrogen) atoms. The lowest BCUT2D eigenvalue weighted by atomic mass is 10.0. The van der Waals surface area contributed by atoms with Gasteiger partial charge in [0.1, 0.15) is 0 Å². The fourth-order valence-corrected chi connectivity index (χ4v) is 7.14. The summed E-state index contributed by atoms with van der Waals surface area (Å²) in [5, 5.41) is 1.43.